The number of carbonyl (C=O) groups excluding carboxylic acids is 1. The zero-order chi connectivity index (χ0) is 31.0. The van der Waals surface area contributed by atoms with Crippen LogP contribution < -0.4 is 0 Å². The van der Waals surface area contributed by atoms with Gasteiger partial charge in [-0.15, -0.1) is 0 Å². The van der Waals surface area contributed by atoms with E-state index in [1.807, 2.05) is 110 Å². The lowest BCUT2D eigenvalue weighted by Gasteiger charge is -2.49. The fourth-order valence-corrected chi connectivity index (χ4v) is 7.26. The van der Waals surface area contributed by atoms with E-state index in [4.69, 9.17) is 33.2 Å². The summed E-state index contributed by atoms with van der Waals surface area (Å²) in [6.07, 6.45) is -2.94. The summed E-state index contributed by atoms with van der Waals surface area (Å²) in [5.41, 5.74) is 3.15. The minimum Gasteiger partial charge on any atom is -0.375 e. The van der Waals surface area contributed by atoms with Gasteiger partial charge >= 0.3 is 0 Å². The van der Waals surface area contributed by atoms with Crippen molar-refractivity contribution in [2.24, 2.45) is 5.92 Å². The van der Waals surface area contributed by atoms with Crippen LogP contribution in [0.5, 0.6) is 0 Å². The van der Waals surface area contributed by atoms with E-state index in [9.17, 15) is 4.79 Å². The molecule has 0 radical (unpaired) electrons. The van der Waals surface area contributed by atoms with Gasteiger partial charge in [0.2, 0.25) is 5.91 Å². The van der Waals surface area contributed by atoms with Gasteiger partial charge in [-0.25, -0.2) is 0 Å². The average Bonchev–Trinajstić information content (AvgIpc) is 3.64. The van der Waals surface area contributed by atoms with Crippen molar-refractivity contribution in [2.45, 2.75) is 88.3 Å². The van der Waals surface area contributed by atoms with Crippen LogP contribution in [0.25, 0.3) is 0 Å². The zero-order valence-corrected chi connectivity index (χ0v) is 25.9. The fraction of sp³-hybridized carbons (Fsp3) is 0.472. The van der Waals surface area contributed by atoms with Crippen LogP contribution >= 0.6 is 0 Å². The van der Waals surface area contributed by atoms with E-state index in [0.717, 1.165) is 16.7 Å². The number of methoxy groups -OCH3 is 1. The standard InChI is InChI=1S/C36H41NO8/c1-36(2)44-32-30(43-35(39-3)33(32)45-36)27-28-31(42-21-25-17-11-6-12-18-25)29(41-20-24-15-9-5-10-16-24)26(37(28)34(27)38)22-40-19-23-13-7-4-8-14-23/h4-18,26-33,35H,19-22H2,1-3H3/t26-,27+,28-,29-,30+,31-,32-,33-,35-/m0/s1. The number of hydrogen-bond acceptors (Lipinski definition) is 8. The highest BCUT2D eigenvalue weighted by molar-refractivity contribution is 5.88. The molecule has 238 valence electrons. The Hall–Kier alpha value is -3.15. The molecule has 0 saturated carbocycles. The lowest BCUT2D eigenvalue weighted by atomic mass is 9.79. The first-order chi connectivity index (χ1) is 21.9. The third-order valence-corrected chi connectivity index (χ3v) is 9.23. The molecule has 3 aromatic carbocycles. The summed E-state index contributed by atoms with van der Waals surface area (Å²) in [5, 5.41) is 0. The molecule has 4 heterocycles. The van der Waals surface area contributed by atoms with Crippen LogP contribution in [0.1, 0.15) is 30.5 Å². The number of nitrogens with zero attached hydrogens (tertiary/aromatic N) is 1. The second kappa shape index (κ2) is 12.9. The van der Waals surface area contributed by atoms with Gasteiger partial charge in [0, 0.05) is 7.11 Å². The number of carbonyl (C=O) groups is 1. The van der Waals surface area contributed by atoms with Gasteiger partial charge < -0.3 is 38.1 Å². The predicted molar refractivity (Wildman–Crippen MR) is 164 cm³/mol. The SMILES string of the molecule is CO[C@H]1O[C@H]([C@@H]2C(=O)N3[C@@H]2[C@H](OCc2ccccc2)[C@@H](OCc2ccccc2)[C@@H]3COCc2ccccc2)[C@@H]2OC(C)(C)O[C@H]12. The van der Waals surface area contributed by atoms with Crippen molar-refractivity contribution < 1.29 is 38.0 Å². The first-order valence-electron chi connectivity index (χ1n) is 15.7. The summed E-state index contributed by atoms with van der Waals surface area (Å²) in [5.74, 6) is -1.35. The molecule has 0 spiro atoms. The average molecular weight is 616 g/mol. The summed E-state index contributed by atoms with van der Waals surface area (Å²) >= 11 is 0. The number of ether oxygens (including phenoxy) is 7. The van der Waals surface area contributed by atoms with E-state index in [2.05, 4.69) is 0 Å². The molecule has 45 heavy (non-hydrogen) atoms. The first-order valence-corrected chi connectivity index (χ1v) is 15.7. The van der Waals surface area contributed by atoms with Crippen LogP contribution in [0.4, 0.5) is 0 Å². The normalized spacial score (nSPS) is 33.2. The van der Waals surface area contributed by atoms with E-state index < -0.39 is 48.5 Å². The molecule has 1 amide bonds. The van der Waals surface area contributed by atoms with E-state index in [0.29, 0.717) is 26.4 Å². The number of amides is 1. The van der Waals surface area contributed by atoms with Crippen LogP contribution in [0.3, 0.4) is 0 Å². The molecule has 4 fully saturated rings. The third kappa shape index (κ3) is 6.06. The fourth-order valence-electron chi connectivity index (χ4n) is 7.26. The monoisotopic (exact) mass is 615 g/mol. The molecule has 4 aliphatic heterocycles. The summed E-state index contributed by atoms with van der Waals surface area (Å²) < 4.78 is 44.1. The molecule has 9 heteroatoms. The van der Waals surface area contributed by atoms with Crippen molar-refractivity contribution >= 4 is 5.91 Å². The van der Waals surface area contributed by atoms with E-state index in [-0.39, 0.29) is 18.0 Å². The topological polar surface area (TPSA) is 84.9 Å². The van der Waals surface area contributed by atoms with Gasteiger partial charge in [0.25, 0.3) is 0 Å². The Balaban J connectivity index is 1.18. The largest absolute Gasteiger partial charge is 0.375 e. The van der Waals surface area contributed by atoms with E-state index in [1.165, 1.54) is 0 Å². The summed E-state index contributed by atoms with van der Waals surface area (Å²) in [6.45, 7) is 5.24. The van der Waals surface area contributed by atoms with Gasteiger partial charge in [-0.1, -0.05) is 91.0 Å². The van der Waals surface area contributed by atoms with Crippen LogP contribution in [0.2, 0.25) is 0 Å². The van der Waals surface area contributed by atoms with Crippen molar-refractivity contribution in [2.75, 3.05) is 13.7 Å². The number of benzene rings is 3. The molecular weight excluding hydrogens is 574 g/mol. The highest BCUT2D eigenvalue weighted by Crippen LogP contribution is 2.50. The molecule has 7 rings (SSSR count). The van der Waals surface area contributed by atoms with Gasteiger partial charge in [0.1, 0.15) is 30.5 Å². The van der Waals surface area contributed by atoms with Crippen LogP contribution in [-0.2, 0) is 57.8 Å². The van der Waals surface area contributed by atoms with E-state index in [1.54, 1.807) is 7.11 Å². The van der Waals surface area contributed by atoms with E-state index >= 15 is 0 Å². The summed E-state index contributed by atoms with van der Waals surface area (Å²) in [4.78, 5) is 16.1. The quantitative estimate of drug-likeness (QED) is 0.276. The molecule has 0 aliphatic carbocycles. The molecule has 9 nitrogen and oxygen atoms in total. The lowest BCUT2D eigenvalue weighted by molar-refractivity contribution is -0.242. The molecule has 0 unspecified atom stereocenters. The maximum absolute atomic E-state index is 14.2. The van der Waals surface area contributed by atoms with Gasteiger partial charge in [-0.2, -0.15) is 0 Å². The molecule has 4 aliphatic rings. The highest BCUT2D eigenvalue weighted by atomic mass is 16.8. The molecule has 9 atom stereocenters. The number of β-lactam (4-membered cyclic amide) rings is 1. The summed E-state index contributed by atoms with van der Waals surface area (Å²) in [6, 6.07) is 29.5. The Labute approximate surface area is 264 Å². The van der Waals surface area contributed by atoms with Crippen LogP contribution in [-0.4, -0.2) is 79.2 Å². The number of fused-ring (bicyclic) bond motifs is 2. The molecule has 0 bridgehead atoms. The lowest BCUT2D eigenvalue weighted by Crippen LogP contribution is -2.68. The molecular formula is C36H41NO8. The van der Waals surface area contributed by atoms with Crippen molar-refractivity contribution in [1.29, 1.82) is 0 Å². The van der Waals surface area contributed by atoms with Crippen molar-refractivity contribution in [3.05, 3.63) is 108 Å². The Bertz CT molecular complexity index is 1420. The predicted octanol–water partition coefficient (Wildman–Crippen LogP) is 4.47. The first kappa shape index (κ1) is 30.5. The zero-order valence-electron chi connectivity index (χ0n) is 25.9. The second-order valence-electron chi connectivity index (χ2n) is 12.6. The Morgan fingerprint density at radius 2 is 1.24 bits per heavy atom. The molecule has 4 saturated heterocycles. The number of rotatable bonds is 12. The van der Waals surface area contributed by atoms with Crippen LogP contribution in [0, 0.1) is 5.92 Å². The third-order valence-electron chi connectivity index (χ3n) is 9.23. The number of hydrogen-bond donors (Lipinski definition) is 0. The van der Waals surface area contributed by atoms with Gasteiger partial charge in [-0.3, -0.25) is 4.79 Å². The smallest absolute Gasteiger partial charge is 0.231 e. The maximum Gasteiger partial charge on any atom is 0.231 e. The van der Waals surface area contributed by atoms with Crippen LogP contribution in [0.15, 0.2) is 91.0 Å². The van der Waals surface area contributed by atoms with Crippen molar-refractivity contribution in [3.63, 3.8) is 0 Å². The van der Waals surface area contributed by atoms with Crippen molar-refractivity contribution in [1.82, 2.24) is 4.90 Å². The second-order valence-corrected chi connectivity index (χ2v) is 12.6. The molecule has 0 aromatic heterocycles. The minimum atomic E-state index is -0.811. The van der Waals surface area contributed by atoms with Gasteiger partial charge in [0.15, 0.2) is 12.1 Å². The molecule has 0 N–H and O–H groups in total. The summed E-state index contributed by atoms with van der Waals surface area (Å²) in [7, 11) is 1.59. The van der Waals surface area contributed by atoms with Gasteiger partial charge in [0.05, 0.1) is 44.4 Å². The highest BCUT2D eigenvalue weighted by Gasteiger charge is 2.70. The minimum absolute atomic E-state index is 0.0266. The molecule has 3 aromatic rings. The Morgan fingerprint density at radius 3 is 1.82 bits per heavy atom. The van der Waals surface area contributed by atoms with Gasteiger partial charge in [-0.05, 0) is 30.5 Å². The Kier molecular flexibility index (Phi) is 8.76. The maximum atomic E-state index is 14.2. The van der Waals surface area contributed by atoms with Crippen molar-refractivity contribution in [3.8, 4) is 0 Å². The Morgan fingerprint density at radius 1 is 0.711 bits per heavy atom.